The second-order valence-electron chi connectivity index (χ2n) is 4.46. The molecule has 0 radical (unpaired) electrons. The van der Waals surface area contributed by atoms with Crippen molar-refractivity contribution in [2.75, 3.05) is 13.1 Å². The second kappa shape index (κ2) is 4.18. The molecule has 5 nitrogen and oxygen atoms in total. The quantitative estimate of drug-likeness (QED) is 0.722. The molecule has 0 aromatic carbocycles. The Labute approximate surface area is 88.7 Å². The molecule has 1 aliphatic rings. The number of piperidine rings is 1. The van der Waals surface area contributed by atoms with Crippen molar-refractivity contribution in [3.63, 3.8) is 0 Å². The van der Waals surface area contributed by atoms with E-state index in [4.69, 9.17) is 10.2 Å². The molecular weight excluding hydrogens is 198 g/mol. The van der Waals surface area contributed by atoms with E-state index in [1.165, 1.54) is 0 Å². The minimum Gasteiger partial charge on any atom is -0.481 e. The Morgan fingerprint density at radius 3 is 2.00 bits per heavy atom. The largest absolute Gasteiger partial charge is 0.481 e. The topological polar surface area (TPSA) is 77.8 Å². The molecule has 0 amide bonds. The summed E-state index contributed by atoms with van der Waals surface area (Å²) in [7, 11) is 0. The average Bonchev–Trinajstić information content (AvgIpc) is 2.17. The number of nitrogens with zero attached hydrogens (tertiary/aromatic N) is 1. The fraction of sp³-hybridized carbons (Fsp3) is 0.800. The van der Waals surface area contributed by atoms with Crippen LogP contribution in [0.2, 0.25) is 0 Å². The van der Waals surface area contributed by atoms with Crippen LogP contribution in [0, 0.1) is 5.92 Å². The molecule has 0 saturated carbocycles. The maximum absolute atomic E-state index is 11.0. The monoisotopic (exact) mass is 215 g/mol. The lowest BCUT2D eigenvalue weighted by molar-refractivity contribution is -0.151. The number of carboxylic acids is 2. The predicted molar refractivity (Wildman–Crippen MR) is 53.6 cm³/mol. The van der Waals surface area contributed by atoms with Crippen LogP contribution in [-0.4, -0.2) is 45.7 Å². The molecule has 15 heavy (non-hydrogen) atoms. The molecule has 0 aromatic rings. The van der Waals surface area contributed by atoms with E-state index in [0.29, 0.717) is 25.9 Å². The van der Waals surface area contributed by atoms with Crippen molar-refractivity contribution in [2.45, 2.75) is 32.2 Å². The third-order valence-corrected chi connectivity index (χ3v) is 3.16. The summed E-state index contributed by atoms with van der Waals surface area (Å²) >= 11 is 0. The van der Waals surface area contributed by atoms with Gasteiger partial charge in [-0.15, -0.1) is 0 Å². The molecule has 0 aromatic heterocycles. The Kier molecular flexibility index (Phi) is 3.34. The fourth-order valence-electron chi connectivity index (χ4n) is 1.82. The molecule has 2 N–H and O–H groups in total. The standard InChI is InChI=1S/C10H17NO4/c1-10(2,9(14)15)11-5-3-7(4-6-11)8(12)13/h7H,3-6H2,1-2H3,(H,12,13)(H,14,15). The molecule has 1 heterocycles. The van der Waals surface area contributed by atoms with Gasteiger partial charge in [0.05, 0.1) is 5.92 Å². The highest BCUT2D eigenvalue weighted by atomic mass is 16.4. The Morgan fingerprint density at radius 1 is 1.20 bits per heavy atom. The van der Waals surface area contributed by atoms with Crippen molar-refractivity contribution in [2.24, 2.45) is 5.92 Å². The zero-order valence-corrected chi connectivity index (χ0v) is 9.06. The van der Waals surface area contributed by atoms with Gasteiger partial charge >= 0.3 is 11.9 Å². The zero-order chi connectivity index (χ0) is 11.6. The highest BCUT2D eigenvalue weighted by Crippen LogP contribution is 2.24. The van der Waals surface area contributed by atoms with E-state index in [2.05, 4.69) is 0 Å². The van der Waals surface area contributed by atoms with Crippen LogP contribution >= 0.6 is 0 Å². The van der Waals surface area contributed by atoms with E-state index in [0.717, 1.165) is 0 Å². The Balaban J connectivity index is 2.57. The van der Waals surface area contributed by atoms with Gasteiger partial charge in [-0.1, -0.05) is 0 Å². The molecule has 0 bridgehead atoms. The van der Waals surface area contributed by atoms with Crippen LogP contribution in [0.4, 0.5) is 0 Å². The molecule has 1 fully saturated rings. The van der Waals surface area contributed by atoms with Crippen molar-refractivity contribution in [3.05, 3.63) is 0 Å². The van der Waals surface area contributed by atoms with Gasteiger partial charge in [0, 0.05) is 13.1 Å². The Hall–Kier alpha value is -1.10. The normalized spacial score (nSPS) is 20.1. The minimum atomic E-state index is -0.899. The predicted octanol–water partition coefficient (Wildman–Crippen LogP) is 0.646. The third kappa shape index (κ3) is 2.47. The Bertz CT molecular complexity index is 267. The summed E-state index contributed by atoms with van der Waals surface area (Å²) in [5, 5.41) is 17.8. The molecule has 0 unspecified atom stereocenters. The number of hydrogen-bond acceptors (Lipinski definition) is 3. The van der Waals surface area contributed by atoms with E-state index < -0.39 is 17.5 Å². The number of hydrogen-bond donors (Lipinski definition) is 2. The van der Waals surface area contributed by atoms with E-state index in [-0.39, 0.29) is 5.92 Å². The first kappa shape index (κ1) is 12.0. The van der Waals surface area contributed by atoms with Gasteiger partial charge in [0.2, 0.25) is 0 Å². The summed E-state index contributed by atoms with van der Waals surface area (Å²) in [6.07, 6.45) is 1.07. The van der Waals surface area contributed by atoms with Gasteiger partial charge in [-0.25, -0.2) is 0 Å². The van der Waals surface area contributed by atoms with Gasteiger partial charge in [0.1, 0.15) is 5.54 Å². The Morgan fingerprint density at radius 2 is 1.67 bits per heavy atom. The van der Waals surface area contributed by atoms with Crippen LogP contribution in [0.25, 0.3) is 0 Å². The van der Waals surface area contributed by atoms with Crippen molar-refractivity contribution in [3.8, 4) is 0 Å². The summed E-state index contributed by atoms with van der Waals surface area (Å²) in [5.41, 5.74) is -0.899. The summed E-state index contributed by atoms with van der Waals surface area (Å²) in [4.78, 5) is 23.5. The maximum Gasteiger partial charge on any atom is 0.323 e. The van der Waals surface area contributed by atoms with Crippen LogP contribution in [0.3, 0.4) is 0 Å². The van der Waals surface area contributed by atoms with Crippen molar-refractivity contribution >= 4 is 11.9 Å². The highest BCUT2D eigenvalue weighted by molar-refractivity contribution is 5.77. The van der Waals surface area contributed by atoms with Crippen LogP contribution < -0.4 is 0 Å². The van der Waals surface area contributed by atoms with Crippen LogP contribution in [-0.2, 0) is 9.59 Å². The number of rotatable bonds is 3. The van der Waals surface area contributed by atoms with Crippen LogP contribution in [0.1, 0.15) is 26.7 Å². The average molecular weight is 215 g/mol. The molecule has 0 aliphatic carbocycles. The molecule has 0 atom stereocenters. The lowest BCUT2D eigenvalue weighted by atomic mass is 9.92. The fourth-order valence-corrected chi connectivity index (χ4v) is 1.82. The molecule has 1 aliphatic heterocycles. The van der Waals surface area contributed by atoms with Crippen molar-refractivity contribution in [1.82, 2.24) is 4.90 Å². The summed E-state index contributed by atoms with van der Waals surface area (Å²) in [6.45, 7) is 4.37. The minimum absolute atomic E-state index is 0.314. The van der Waals surface area contributed by atoms with Gasteiger partial charge in [0.25, 0.3) is 0 Å². The van der Waals surface area contributed by atoms with Gasteiger partial charge in [-0.05, 0) is 26.7 Å². The van der Waals surface area contributed by atoms with Gasteiger partial charge in [-0.2, -0.15) is 0 Å². The number of aliphatic carboxylic acids is 2. The third-order valence-electron chi connectivity index (χ3n) is 3.16. The van der Waals surface area contributed by atoms with Gasteiger partial charge in [-0.3, -0.25) is 14.5 Å². The summed E-state index contributed by atoms with van der Waals surface area (Å²) in [6, 6.07) is 0. The van der Waals surface area contributed by atoms with Crippen molar-refractivity contribution < 1.29 is 19.8 Å². The highest BCUT2D eigenvalue weighted by Gasteiger charge is 2.37. The molecule has 86 valence electrons. The first-order valence-electron chi connectivity index (χ1n) is 5.07. The number of carbonyl (C=O) groups is 2. The van der Waals surface area contributed by atoms with Gasteiger partial charge < -0.3 is 10.2 Å². The SMILES string of the molecule is CC(C)(C(=O)O)N1CCC(C(=O)O)CC1. The number of carboxylic acid groups (broad SMARTS) is 2. The molecule has 1 saturated heterocycles. The molecular formula is C10H17NO4. The van der Waals surface area contributed by atoms with E-state index >= 15 is 0 Å². The molecule has 1 rings (SSSR count). The number of likely N-dealkylation sites (tertiary alicyclic amines) is 1. The smallest absolute Gasteiger partial charge is 0.323 e. The second-order valence-corrected chi connectivity index (χ2v) is 4.46. The van der Waals surface area contributed by atoms with E-state index in [1.54, 1.807) is 13.8 Å². The zero-order valence-electron chi connectivity index (χ0n) is 9.06. The first-order valence-corrected chi connectivity index (χ1v) is 5.07. The maximum atomic E-state index is 11.0. The first-order chi connectivity index (χ1) is 6.85. The lowest BCUT2D eigenvalue weighted by Gasteiger charge is -2.39. The molecule has 5 heteroatoms. The summed E-state index contributed by atoms with van der Waals surface area (Å²) < 4.78 is 0. The summed E-state index contributed by atoms with van der Waals surface area (Å²) in [5.74, 6) is -1.95. The van der Waals surface area contributed by atoms with Crippen LogP contribution in [0.15, 0.2) is 0 Å². The van der Waals surface area contributed by atoms with Crippen molar-refractivity contribution in [1.29, 1.82) is 0 Å². The lowest BCUT2D eigenvalue weighted by Crippen LogP contribution is -2.53. The van der Waals surface area contributed by atoms with E-state index in [1.807, 2.05) is 4.90 Å². The van der Waals surface area contributed by atoms with Gasteiger partial charge in [0.15, 0.2) is 0 Å². The van der Waals surface area contributed by atoms with Crippen LogP contribution in [0.5, 0.6) is 0 Å². The molecule has 0 spiro atoms. The van der Waals surface area contributed by atoms with E-state index in [9.17, 15) is 9.59 Å².